The number of carbonyl (C=O) groups excluding carboxylic acids is 1. The molecule has 1 aromatic heterocycles. The van der Waals surface area contributed by atoms with Gasteiger partial charge in [0.15, 0.2) is 16.4 Å². The number of nitrogens with zero attached hydrogens (tertiary/aromatic N) is 2. The Morgan fingerprint density at radius 2 is 1.57 bits per heavy atom. The minimum Gasteiger partial charge on any atom is -0.493 e. The molecule has 1 aliphatic rings. The van der Waals surface area contributed by atoms with Crippen molar-refractivity contribution in [2.24, 2.45) is 0 Å². The van der Waals surface area contributed by atoms with E-state index in [0.29, 0.717) is 34.0 Å². The van der Waals surface area contributed by atoms with Crippen molar-refractivity contribution in [3.05, 3.63) is 82.5 Å². The van der Waals surface area contributed by atoms with Crippen molar-refractivity contribution < 1.29 is 22.7 Å². The van der Waals surface area contributed by atoms with Gasteiger partial charge in [-0.2, -0.15) is 0 Å². The maximum absolute atomic E-state index is 13.5. The summed E-state index contributed by atoms with van der Waals surface area (Å²) in [5.74, 6) is 0.168. The second kappa shape index (κ2) is 9.79. The predicted molar refractivity (Wildman–Crippen MR) is 136 cm³/mol. The smallest absolute Gasteiger partial charge is 0.270 e. The zero-order valence-corrected chi connectivity index (χ0v) is 20.8. The van der Waals surface area contributed by atoms with E-state index in [1.807, 2.05) is 24.3 Å². The van der Waals surface area contributed by atoms with Gasteiger partial charge in [-0.3, -0.25) is 14.1 Å². The largest absolute Gasteiger partial charge is 0.493 e. The topological polar surface area (TPSA) is 97.8 Å². The summed E-state index contributed by atoms with van der Waals surface area (Å²) in [6, 6.07) is 14.5. The number of hydrogen-bond donors (Lipinski definition) is 1. The lowest BCUT2D eigenvalue weighted by atomic mass is 10.0. The molecule has 0 unspecified atom stereocenters. The van der Waals surface area contributed by atoms with Crippen molar-refractivity contribution in [2.75, 3.05) is 30.4 Å². The molecule has 0 fully saturated rings. The van der Waals surface area contributed by atoms with Gasteiger partial charge in [0.25, 0.3) is 15.9 Å². The molecule has 0 radical (unpaired) electrons. The fraction of sp³-hybridized carbons (Fsp3) is 0.231. The van der Waals surface area contributed by atoms with Crippen molar-refractivity contribution in [3.8, 4) is 11.5 Å². The van der Waals surface area contributed by atoms with Gasteiger partial charge < -0.3 is 14.8 Å². The molecule has 0 bridgehead atoms. The molecule has 1 aliphatic heterocycles. The highest BCUT2D eigenvalue weighted by Gasteiger charge is 2.39. The number of amides is 1. The van der Waals surface area contributed by atoms with Gasteiger partial charge in [0.05, 0.1) is 19.9 Å². The molecule has 1 amide bonds. The number of methoxy groups -OCH3 is 2. The van der Waals surface area contributed by atoms with E-state index in [4.69, 9.17) is 9.47 Å². The highest BCUT2D eigenvalue weighted by molar-refractivity contribution is 7.97. The van der Waals surface area contributed by atoms with Crippen LogP contribution in [0.1, 0.15) is 30.5 Å². The maximum atomic E-state index is 13.5. The molecule has 0 spiro atoms. The Hall–Kier alpha value is -3.85. The van der Waals surface area contributed by atoms with Crippen LogP contribution in [-0.4, -0.2) is 40.1 Å². The van der Waals surface area contributed by atoms with Gasteiger partial charge in [-0.05, 0) is 67.3 Å². The van der Waals surface area contributed by atoms with E-state index in [0.717, 1.165) is 17.5 Å². The minimum atomic E-state index is -4.09. The summed E-state index contributed by atoms with van der Waals surface area (Å²) in [5.41, 5.74) is 4.07. The average Bonchev–Trinajstić information content (AvgIpc) is 2.85. The SMILES string of the molecule is CCN1c2cc(OC)c(OC)cc2C(C)=C(C(=O)Nc2ccc(Cc3ccncc3)cc2)S1(=O)=O. The van der Waals surface area contributed by atoms with E-state index < -0.39 is 15.9 Å². The summed E-state index contributed by atoms with van der Waals surface area (Å²) in [7, 11) is -1.10. The molecule has 0 saturated heterocycles. The number of aromatic nitrogens is 1. The third-order valence-corrected chi connectivity index (χ3v) is 7.97. The second-order valence-corrected chi connectivity index (χ2v) is 9.83. The van der Waals surface area contributed by atoms with Gasteiger partial charge >= 0.3 is 0 Å². The van der Waals surface area contributed by atoms with Gasteiger partial charge in [0.1, 0.15) is 0 Å². The van der Waals surface area contributed by atoms with Gasteiger partial charge in [-0.15, -0.1) is 0 Å². The Balaban J connectivity index is 1.67. The highest BCUT2D eigenvalue weighted by Crippen LogP contribution is 2.44. The summed E-state index contributed by atoms with van der Waals surface area (Å²) in [6.07, 6.45) is 4.21. The lowest BCUT2D eigenvalue weighted by Crippen LogP contribution is -2.39. The van der Waals surface area contributed by atoms with E-state index in [1.54, 1.807) is 50.5 Å². The first-order valence-corrected chi connectivity index (χ1v) is 12.5. The first kappa shape index (κ1) is 24.3. The lowest BCUT2D eigenvalue weighted by molar-refractivity contribution is -0.112. The zero-order chi connectivity index (χ0) is 25.2. The van der Waals surface area contributed by atoms with E-state index >= 15 is 0 Å². The molecule has 8 nitrogen and oxygen atoms in total. The molecule has 2 heterocycles. The van der Waals surface area contributed by atoms with Crippen LogP contribution in [0.4, 0.5) is 11.4 Å². The van der Waals surface area contributed by atoms with Crippen LogP contribution in [0.25, 0.3) is 5.57 Å². The normalized spacial score (nSPS) is 14.3. The van der Waals surface area contributed by atoms with Gasteiger partial charge in [-0.1, -0.05) is 12.1 Å². The van der Waals surface area contributed by atoms with Gasteiger partial charge in [0.2, 0.25) is 0 Å². The van der Waals surface area contributed by atoms with Crippen LogP contribution in [0.15, 0.2) is 65.8 Å². The van der Waals surface area contributed by atoms with E-state index in [-0.39, 0.29) is 11.4 Å². The van der Waals surface area contributed by atoms with Crippen LogP contribution in [-0.2, 0) is 21.2 Å². The van der Waals surface area contributed by atoms with Gasteiger partial charge in [-0.25, -0.2) is 8.42 Å². The number of allylic oxidation sites excluding steroid dienone is 1. The number of pyridine rings is 1. The molecule has 0 atom stereocenters. The van der Waals surface area contributed by atoms with E-state index in [1.165, 1.54) is 18.5 Å². The van der Waals surface area contributed by atoms with Crippen molar-refractivity contribution >= 4 is 32.9 Å². The maximum Gasteiger partial charge on any atom is 0.270 e. The predicted octanol–water partition coefficient (Wildman–Crippen LogP) is 4.23. The Kier molecular flexibility index (Phi) is 6.79. The molecular formula is C26H27N3O5S. The third-order valence-electron chi connectivity index (χ3n) is 5.93. The fourth-order valence-corrected chi connectivity index (χ4v) is 5.94. The molecule has 9 heteroatoms. The summed E-state index contributed by atoms with van der Waals surface area (Å²) >= 11 is 0. The number of hydrogen-bond acceptors (Lipinski definition) is 6. The quantitative estimate of drug-likeness (QED) is 0.529. The average molecular weight is 494 g/mol. The molecule has 3 aromatic rings. The van der Waals surface area contributed by atoms with Gasteiger partial charge in [0, 0.05) is 36.3 Å². The van der Waals surface area contributed by atoms with Crippen LogP contribution in [0.2, 0.25) is 0 Å². The highest BCUT2D eigenvalue weighted by atomic mass is 32.2. The number of carbonyl (C=O) groups is 1. The van der Waals surface area contributed by atoms with Crippen molar-refractivity contribution in [3.63, 3.8) is 0 Å². The molecule has 4 rings (SSSR count). The standard InChI is InChI=1S/C26H27N3O5S/c1-5-29-22-16-24(34-4)23(33-3)15-21(22)17(2)25(35(29,31)32)26(30)28-20-8-6-18(7-9-20)14-19-10-12-27-13-11-19/h6-13,15-16H,5,14H2,1-4H3,(H,28,30). The number of rotatable bonds is 7. The molecule has 182 valence electrons. The van der Waals surface area contributed by atoms with Crippen LogP contribution < -0.4 is 19.1 Å². The number of nitrogens with one attached hydrogen (secondary N) is 1. The molecule has 2 aromatic carbocycles. The van der Waals surface area contributed by atoms with Crippen molar-refractivity contribution in [1.29, 1.82) is 0 Å². The number of ether oxygens (including phenoxy) is 2. The van der Waals surface area contributed by atoms with Crippen LogP contribution >= 0.6 is 0 Å². The monoisotopic (exact) mass is 493 g/mol. The Bertz CT molecular complexity index is 1380. The van der Waals surface area contributed by atoms with Crippen LogP contribution in [0.5, 0.6) is 11.5 Å². The third kappa shape index (κ3) is 4.59. The molecule has 0 saturated carbocycles. The number of anilines is 2. The second-order valence-electron chi connectivity index (χ2n) is 8.03. The number of fused-ring (bicyclic) bond motifs is 1. The van der Waals surface area contributed by atoms with E-state index in [9.17, 15) is 13.2 Å². The first-order valence-electron chi connectivity index (χ1n) is 11.1. The molecule has 0 aliphatic carbocycles. The summed E-state index contributed by atoms with van der Waals surface area (Å²) in [6.45, 7) is 3.50. The molecular weight excluding hydrogens is 466 g/mol. The number of benzene rings is 2. The summed E-state index contributed by atoms with van der Waals surface area (Å²) in [4.78, 5) is 17.0. The summed E-state index contributed by atoms with van der Waals surface area (Å²) in [5, 5.41) is 2.75. The molecule has 35 heavy (non-hydrogen) atoms. The lowest BCUT2D eigenvalue weighted by Gasteiger charge is -2.32. The van der Waals surface area contributed by atoms with Crippen molar-refractivity contribution in [2.45, 2.75) is 20.3 Å². The Labute approximate surface area is 205 Å². The number of sulfonamides is 1. The van der Waals surface area contributed by atoms with Crippen molar-refractivity contribution in [1.82, 2.24) is 4.98 Å². The minimum absolute atomic E-state index is 0.151. The summed E-state index contributed by atoms with van der Waals surface area (Å²) < 4.78 is 38.9. The fourth-order valence-electron chi connectivity index (χ4n) is 4.19. The zero-order valence-electron chi connectivity index (χ0n) is 20.0. The molecule has 1 N–H and O–H groups in total. The first-order chi connectivity index (χ1) is 16.8. The Morgan fingerprint density at radius 1 is 0.971 bits per heavy atom. The van der Waals surface area contributed by atoms with E-state index in [2.05, 4.69) is 10.3 Å². The van der Waals surface area contributed by atoms with Crippen LogP contribution in [0, 0.1) is 0 Å². The van der Waals surface area contributed by atoms with Crippen LogP contribution in [0.3, 0.4) is 0 Å². The Morgan fingerprint density at radius 3 is 2.17 bits per heavy atom.